The van der Waals surface area contributed by atoms with E-state index in [2.05, 4.69) is 0 Å². The van der Waals surface area contributed by atoms with Crippen LogP contribution in [-0.2, 0) is 24.8 Å². The lowest BCUT2D eigenvalue weighted by Crippen LogP contribution is -2.51. The van der Waals surface area contributed by atoms with E-state index in [1.807, 2.05) is 41.5 Å². The maximum absolute atomic E-state index is 12.1. The van der Waals surface area contributed by atoms with Gasteiger partial charge in [0.25, 0.3) is 0 Å². The van der Waals surface area contributed by atoms with Crippen molar-refractivity contribution >= 4 is 20.0 Å². The average molecular weight is 429 g/mol. The van der Waals surface area contributed by atoms with Crippen molar-refractivity contribution in [1.82, 2.24) is 0 Å². The van der Waals surface area contributed by atoms with Crippen molar-refractivity contribution in [2.24, 2.45) is 21.1 Å². The Balaban J connectivity index is 5.90. The molecule has 0 bridgehead atoms. The first-order chi connectivity index (χ1) is 12.0. The van der Waals surface area contributed by atoms with Crippen LogP contribution in [0.3, 0.4) is 0 Å². The normalized spacial score (nSPS) is 17.5. The number of ether oxygens (including phenoxy) is 1. The van der Waals surface area contributed by atoms with Gasteiger partial charge in [0.1, 0.15) is 0 Å². The Morgan fingerprint density at radius 1 is 0.852 bits per heavy atom. The minimum atomic E-state index is -3.74. The van der Waals surface area contributed by atoms with Gasteiger partial charge in [0.15, 0.2) is 0 Å². The number of nitrogens with two attached hydrogens (primary N) is 2. The number of rotatable bonds is 13. The summed E-state index contributed by atoms with van der Waals surface area (Å²) >= 11 is 0. The van der Waals surface area contributed by atoms with Gasteiger partial charge in [-0.25, -0.2) is 27.1 Å². The number of sulfonamides is 2. The molecule has 0 aromatic rings. The summed E-state index contributed by atoms with van der Waals surface area (Å²) in [6, 6.07) is 0. The molecule has 0 aliphatic heterocycles. The van der Waals surface area contributed by atoms with Crippen LogP contribution >= 0.6 is 0 Å². The Kier molecular flexibility index (Phi) is 9.92. The fourth-order valence-corrected chi connectivity index (χ4v) is 6.67. The van der Waals surface area contributed by atoms with E-state index in [0.29, 0.717) is 19.3 Å². The molecule has 0 amide bonds. The smallest absolute Gasteiger partial charge is 0.212 e. The van der Waals surface area contributed by atoms with E-state index in [0.717, 1.165) is 12.8 Å². The minimum Gasteiger partial charge on any atom is -0.374 e. The van der Waals surface area contributed by atoms with Gasteiger partial charge in [-0.05, 0) is 19.3 Å². The van der Waals surface area contributed by atoms with Gasteiger partial charge in [-0.1, -0.05) is 61.3 Å². The summed E-state index contributed by atoms with van der Waals surface area (Å²) in [6.07, 6.45) is 2.58. The summed E-state index contributed by atoms with van der Waals surface area (Å²) in [4.78, 5) is 0. The third kappa shape index (κ3) is 8.35. The molecule has 3 atom stereocenters. The first-order valence-electron chi connectivity index (χ1n) is 9.70. The third-order valence-electron chi connectivity index (χ3n) is 5.30. The van der Waals surface area contributed by atoms with Crippen LogP contribution in [0.15, 0.2) is 0 Å². The molecule has 0 aromatic heterocycles. The monoisotopic (exact) mass is 428 g/mol. The zero-order valence-corrected chi connectivity index (χ0v) is 19.6. The van der Waals surface area contributed by atoms with E-state index in [-0.39, 0.29) is 18.0 Å². The van der Waals surface area contributed by atoms with E-state index in [9.17, 15) is 16.8 Å². The second-order valence-electron chi connectivity index (χ2n) is 8.79. The molecule has 0 spiro atoms. The van der Waals surface area contributed by atoms with Crippen molar-refractivity contribution < 1.29 is 21.6 Å². The molecule has 7 nitrogen and oxygen atoms in total. The molecule has 3 unspecified atom stereocenters. The fraction of sp³-hybridized carbons (Fsp3) is 1.00. The second-order valence-corrected chi connectivity index (χ2v) is 12.2. The summed E-state index contributed by atoms with van der Waals surface area (Å²) in [5.41, 5.74) is -1.42. The quantitative estimate of drug-likeness (QED) is 0.466. The molecular formula is C18H40N2O5S2. The summed E-state index contributed by atoms with van der Waals surface area (Å²) in [6.45, 7) is 13.2. The van der Waals surface area contributed by atoms with Crippen molar-refractivity contribution in [2.75, 3.05) is 5.75 Å². The Morgan fingerprint density at radius 3 is 1.63 bits per heavy atom. The Hall–Kier alpha value is -0.220. The Bertz CT molecular complexity index is 657. The van der Waals surface area contributed by atoms with E-state index in [4.69, 9.17) is 15.0 Å². The summed E-state index contributed by atoms with van der Waals surface area (Å²) < 4.78 is 54.1. The molecule has 9 heteroatoms. The van der Waals surface area contributed by atoms with Gasteiger partial charge in [-0.2, -0.15) is 0 Å². The Labute approximate surface area is 166 Å². The van der Waals surface area contributed by atoms with Crippen molar-refractivity contribution in [3.05, 3.63) is 0 Å². The molecule has 0 aliphatic rings. The molecule has 0 saturated heterocycles. The fourth-order valence-electron chi connectivity index (χ4n) is 3.98. The minimum absolute atomic E-state index is 0.198. The maximum Gasteiger partial charge on any atom is 0.212 e. The molecule has 164 valence electrons. The van der Waals surface area contributed by atoms with Gasteiger partial charge in [0.2, 0.25) is 20.0 Å². The predicted molar refractivity (Wildman–Crippen MR) is 111 cm³/mol. The van der Waals surface area contributed by atoms with Gasteiger partial charge in [-0.15, -0.1) is 0 Å². The first kappa shape index (κ1) is 26.8. The molecule has 27 heavy (non-hydrogen) atoms. The summed E-state index contributed by atoms with van der Waals surface area (Å²) in [5.74, 6) is -0.198. The highest BCUT2D eigenvalue weighted by atomic mass is 32.2. The van der Waals surface area contributed by atoms with E-state index in [1.54, 1.807) is 6.92 Å². The van der Waals surface area contributed by atoms with Crippen LogP contribution in [0.25, 0.3) is 0 Å². The highest BCUT2D eigenvalue weighted by Crippen LogP contribution is 2.39. The molecular weight excluding hydrogens is 388 g/mol. The molecule has 0 aromatic carbocycles. The standard InChI is InChI=1S/C18H40N2O5S2/c1-8-11-14(17(4,5)13-26(19,21)22)25-15(12-9-2)18(6,7)16(10-3)27(20,23)24/h14-16H,8-13H2,1-7H3,(H2,19,21,22)(H2,20,23,24). The predicted octanol–water partition coefficient (Wildman–Crippen LogP) is 2.75. The molecule has 0 aliphatic carbocycles. The van der Waals surface area contributed by atoms with Crippen LogP contribution in [0, 0.1) is 10.8 Å². The van der Waals surface area contributed by atoms with Crippen LogP contribution in [0.2, 0.25) is 0 Å². The first-order valence-corrected chi connectivity index (χ1v) is 13.0. The highest BCUT2D eigenvalue weighted by molar-refractivity contribution is 7.89. The van der Waals surface area contributed by atoms with Gasteiger partial charge >= 0.3 is 0 Å². The van der Waals surface area contributed by atoms with Crippen molar-refractivity contribution in [3.63, 3.8) is 0 Å². The lowest BCUT2D eigenvalue weighted by Gasteiger charge is -2.44. The van der Waals surface area contributed by atoms with E-state index in [1.165, 1.54) is 0 Å². The van der Waals surface area contributed by atoms with Crippen LogP contribution in [0.5, 0.6) is 0 Å². The zero-order chi connectivity index (χ0) is 21.7. The maximum atomic E-state index is 12.1. The van der Waals surface area contributed by atoms with E-state index >= 15 is 0 Å². The Morgan fingerprint density at radius 2 is 1.30 bits per heavy atom. The largest absolute Gasteiger partial charge is 0.374 e. The van der Waals surface area contributed by atoms with Gasteiger partial charge in [-0.3, -0.25) is 0 Å². The zero-order valence-electron chi connectivity index (χ0n) is 18.0. The lowest BCUT2D eigenvalue weighted by atomic mass is 9.78. The SMILES string of the molecule is CCCC(OC(CCC)C(C)(C)C(CC)S(N)(=O)=O)C(C)(C)CS(N)(=O)=O. The second kappa shape index (κ2) is 10.0. The molecule has 0 fully saturated rings. The lowest BCUT2D eigenvalue weighted by molar-refractivity contribution is -0.117. The molecule has 0 saturated carbocycles. The van der Waals surface area contributed by atoms with Crippen molar-refractivity contribution in [3.8, 4) is 0 Å². The van der Waals surface area contributed by atoms with Gasteiger partial charge in [0.05, 0.1) is 23.2 Å². The van der Waals surface area contributed by atoms with Gasteiger partial charge in [0, 0.05) is 10.8 Å². The summed E-state index contributed by atoms with van der Waals surface area (Å²) in [7, 11) is -7.41. The number of hydrogen-bond acceptors (Lipinski definition) is 5. The van der Waals surface area contributed by atoms with Crippen molar-refractivity contribution in [2.45, 2.75) is 98.0 Å². The third-order valence-corrected chi connectivity index (χ3v) is 8.18. The molecule has 0 heterocycles. The van der Waals surface area contributed by atoms with Crippen LogP contribution in [0.4, 0.5) is 0 Å². The van der Waals surface area contributed by atoms with Crippen LogP contribution in [0.1, 0.15) is 80.6 Å². The van der Waals surface area contributed by atoms with Crippen molar-refractivity contribution in [1.29, 1.82) is 0 Å². The molecule has 4 N–H and O–H groups in total. The number of primary sulfonamides is 2. The summed E-state index contributed by atoms with van der Waals surface area (Å²) in [5, 5.41) is 10.0. The average Bonchev–Trinajstić information content (AvgIpc) is 2.41. The topological polar surface area (TPSA) is 130 Å². The molecule has 0 rings (SSSR count). The van der Waals surface area contributed by atoms with Crippen LogP contribution < -0.4 is 10.3 Å². The van der Waals surface area contributed by atoms with Gasteiger partial charge < -0.3 is 4.74 Å². The highest BCUT2D eigenvalue weighted by Gasteiger charge is 2.45. The number of hydrogen-bond donors (Lipinski definition) is 2. The molecule has 0 radical (unpaired) electrons. The van der Waals surface area contributed by atoms with E-state index < -0.39 is 36.1 Å². The van der Waals surface area contributed by atoms with Crippen LogP contribution in [-0.4, -0.2) is 40.0 Å².